The number of benzene rings is 2. The molecule has 1 aliphatic heterocycles. The van der Waals surface area contributed by atoms with E-state index in [0.29, 0.717) is 64.1 Å². The van der Waals surface area contributed by atoms with Crippen LogP contribution in [0, 0.1) is 5.92 Å². The van der Waals surface area contributed by atoms with Gasteiger partial charge >= 0.3 is 0 Å². The number of ether oxygens (including phenoxy) is 2. The number of carbonyl (C=O) groups excluding carboxylic acids is 2. The second-order valence-corrected chi connectivity index (χ2v) is 10.0. The maximum Gasteiger partial charge on any atom is 0.254 e. The summed E-state index contributed by atoms with van der Waals surface area (Å²) in [6, 6.07) is 10.6. The zero-order chi connectivity index (χ0) is 26.4. The van der Waals surface area contributed by atoms with Crippen LogP contribution >= 0.6 is 11.6 Å². The standard InChI is InChI=1S/C29H34ClN3O4/c1-4-5-21(34)14-20-6-7-22(15-25(20)30)37-27-8-11-32-26-17-28(24(16-23(26)27)29(35)31-2)36-18-19-9-12-33(3)13-10-19/h6-8,11,15-17,19H,4-5,9-10,12-14,18H2,1-3H3,(H,31,35). The number of fused-ring (bicyclic) bond motifs is 1. The average Bonchev–Trinajstić information content (AvgIpc) is 2.89. The number of carbonyl (C=O) groups is 2. The third-order valence-corrected chi connectivity index (χ3v) is 7.11. The third kappa shape index (κ3) is 6.79. The molecule has 3 aromatic rings. The summed E-state index contributed by atoms with van der Waals surface area (Å²) in [6.45, 7) is 4.65. The van der Waals surface area contributed by atoms with Gasteiger partial charge in [0.15, 0.2) is 0 Å². The van der Waals surface area contributed by atoms with E-state index in [0.717, 1.165) is 37.9 Å². The Labute approximate surface area is 223 Å². The number of hydrogen-bond donors (Lipinski definition) is 1. The third-order valence-electron chi connectivity index (χ3n) is 6.76. The van der Waals surface area contributed by atoms with E-state index in [9.17, 15) is 9.59 Å². The van der Waals surface area contributed by atoms with Gasteiger partial charge in [-0.2, -0.15) is 0 Å². The lowest BCUT2D eigenvalue weighted by atomic mass is 9.98. The number of pyridine rings is 1. The molecule has 0 bridgehead atoms. The number of aromatic nitrogens is 1. The first-order valence-electron chi connectivity index (χ1n) is 12.8. The molecule has 37 heavy (non-hydrogen) atoms. The quantitative estimate of drug-likeness (QED) is 0.368. The zero-order valence-electron chi connectivity index (χ0n) is 21.7. The fraction of sp³-hybridized carbons (Fsp3) is 0.414. The number of piperidine rings is 1. The molecule has 2 heterocycles. The highest BCUT2D eigenvalue weighted by molar-refractivity contribution is 6.31. The van der Waals surface area contributed by atoms with E-state index < -0.39 is 0 Å². The van der Waals surface area contributed by atoms with Crippen LogP contribution in [-0.4, -0.2) is 55.4 Å². The molecule has 0 radical (unpaired) electrons. The van der Waals surface area contributed by atoms with Gasteiger partial charge in [0.1, 0.15) is 23.0 Å². The topological polar surface area (TPSA) is 80.8 Å². The molecule has 1 saturated heterocycles. The number of nitrogens with zero attached hydrogens (tertiary/aromatic N) is 2. The zero-order valence-corrected chi connectivity index (χ0v) is 22.4. The summed E-state index contributed by atoms with van der Waals surface area (Å²) < 4.78 is 12.3. The summed E-state index contributed by atoms with van der Waals surface area (Å²) >= 11 is 6.45. The smallest absolute Gasteiger partial charge is 0.254 e. The number of amides is 1. The van der Waals surface area contributed by atoms with Crippen LogP contribution in [0.25, 0.3) is 10.9 Å². The predicted octanol–water partition coefficient (Wildman–Crippen LogP) is 5.67. The lowest BCUT2D eigenvalue weighted by Gasteiger charge is -2.29. The van der Waals surface area contributed by atoms with Crippen LogP contribution in [0.4, 0.5) is 0 Å². The second kappa shape index (κ2) is 12.4. The maximum absolute atomic E-state index is 12.8. The minimum Gasteiger partial charge on any atom is -0.492 e. The monoisotopic (exact) mass is 523 g/mol. The number of likely N-dealkylation sites (tertiary alicyclic amines) is 1. The number of Topliss-reactive ketones (excluding diaryl/α,β-unsaturated/α-hetero) is 1. The van der Waals surface area contributed by atoms with Crippen LogP contribution in [0.1, 0.15) is 48.5 Å². The van der Waals surface area contributed by atoms with Crippen molar-refractivity contribution in [1.82, 2.24) is 15.2 Å². The first kappa shape index (κ1) is 26.9. The van der Waals surface area contributed by atoms with E-state index in [1.165, 1.54) is 0 Å². The maximum atomic E-state index is 12.8. The largest absolute Gasteiger partial charge is 0.492 e. The first-order chi connectivity index (χ1) is 17.9. The van der Waals surface area contributed by atoms with Gasteiger partial charge in [0.25, 0.3) is 5.91 Å². The Kier molecular flexibility index (Phi) is 9.00. The molecule has 1 aromatic heterocycles. The van der Waals surface area contributed by atoms with Gasteiger partial charge in [0.2, 0.25) is 0 Å². The lowest BCUT2D eigenvalue weighted by molar-refractivity contribution is -0.118. The fourth-order valence-electron chi connectivity index (χ4n) is 4.55. The normalized spacial score (nSPS) is 14.5. The van der Waals surface area contributed by atoms with Gasteiger partial charge in [-0.1, -0.05) is 24.6 Å². The van der Waals surface area contributed by atoms with E-state index in [-0.39, 0.29) is 11.7 Å². The van der Waals surface area contributed by atoms with E-state index in [1.807, 2.05) is 13.0 Å². The van der Waals surface area contributed by atoms with Crippen molar-refractivity contribution in [3.05, 3.63) is 58.7 Å². The predicted molar refractivity (Wildman–Crippen MR) is 146 cm³/mol. The van der Waals surface area contributed by atoms with Crippen molar-refractivity contribution in [3.63, 3.8) is 0 Å². The number of halogens is 1. The van der Waals surface area contributed by atoms with Crippen molar-refractivity contribution in [2.24, 2.45) is 5.92 Å². The van der Waals surface area contributed by atoms with Gasteiger partial charge in [-0.05, 0) is 75.1 Å². The Hall–Kier alpha value is -3.16. The van der Waals surface area contributed by atoms with E-state index >= 15 is 0 Å². The van der Waals surface area contributed by atoms with E-state index in [2.05, 4.69) is 22.2 Å². The molecule has 0 spiro atoms. The SMILES string of the molecule is CCCC(=O)Cc1ccc(Oc2ccnc3cc(OCC4CCN(C)CC4)c(C(=O)NC)cc23)cc1Cl. The first-order valence-corrected chi connectivity index (χ1v) is 13.2. The Morgan fingerprint density at radius 3 is 2.62 bits per heavy atom. The highest BCUT2D eigenvalue weighted by Crippen LogP contribution is 2.35. The van der Waals surface area contributed by atoms with E-state index in [1.54, 1.807) is 43.6 Å². The molecular weight excluding hydrogens is 490 g/mol. The Balaban J connectivity index is 1.58. The van der Waals surface area contributed by atoms with Crippen molar-refractivity contribution in [3.8, 4) is 17.2 Å². The van der Waals surface area contributed by atoms with Crippen molar-refractivity contribution >= 4 is 34.2 Å². The molecule has 196 valence electrons. The van der Waals surface area contributed by atoms with Crippen LogP contribution in [0.5, 0.6) is 17.2 Å². The van der Waals surface area contributed by atoms with Crippen LogP contribution in [0.3, 0.4) is 0 Å². The Morgan fingerprint density at radius 1 is 1.14 bits per heavy atom. The number of rotatable bonds is 10. The Morgan fingerprint density at radius 2 is 1.92 bits per heavy atom. The highest BCUT2D eigenvalue weighted by Gasteiger charge is 2.20. The molecule has 1 fully saturated rings. The molecule has 7 nitrogen and oxygen atoms in total. The van der Waals surface area contributed by atoms with Gasteiger partial charge in [-0.15, -0.1) is 0 Å². The molecule has 0 unspecified atom stereocenters. The van der Waals surface area contributed by atoms with Crippen molar-refractivity contribution in [2.45, 2.75) is 39.0 Å². The molecule has 0 saturated carbocycles. The number of ketones is 1. The molecule has 0 aliphatic carbocycles. The average molecular weight is 524 g/mol. The van der Waals surface area contributed by atoms with E-state index in [4.69, 9.17) is 21.1 Å². The summed E-state index contributed by atoms with van der Waals surface area (Å²) in [5.74, 6) is 1.97. The molecular formula is C29H34ClN3O4. The summed E-state index contributed by atoms with van der Waals surface area (Å²) in [5, 5.41) is 3.87. The molecule has 4 rings (SSSR count). The summed E-state index contributed by atoms with van der Waals surface area (Å²) in [4.78, 5) is 31.6. The van der Waals surface area contributed by atoms with Crippen LogP contribution in [-0.2, 0) is 11.2 Å². The molecule has 1 aliphatic rings. The van der Waals surface area contributed by atoms with Crippen LogP contribution in [0.2, 0.25) is 5.02 Å². The highest BCUT2D eigenvalue weighted by atomic mass is 35.5. The molecule has 8 heteroatoms. The van der Waals surface area contributed by atoms with Gasteiger partial charge in [-0.25, -0.2) is 0 Å². The van der Waals surface area contributed by atoms with Crippen LogP contribution < -0.4 is 14.8 Å². The minimum absolute atomic E-state index is 0.161. The van der Waals surface area contributed by atoms with Gasteiger partial charge < -0.3 is 19.7 Å². The van der Waals surface area contributed by atoms with Gasteiger partial charge in [-0.3, -0.25) is 14.6 Å². The summed E-state index contributed by atoms with van der Waals surface area (Å²) in [7, 11) is 3.73. The molecule has 0 atom stereocenters. The van der Waals surface area contributed by atoms with Crippen molar-refractivity contribution in [1.29, 1.82) is 0 Å². The summed E-state index contributed by atoms with van der Waals surface area (Å²) in [5.41, 5.74) is 1.88. The fourth-order valence-corrected chi connectivity index (χ4v) is 4.78. The second-order valence-electron chi connectivity index (χ2n) is 9.63. The Bertz CT molecular complexity index is 1270. The minimum atomic E-state index is -0.237. The molecule has 2 aromatic carbocycles. The van der Waals surface area contributed by atoms with Crippen molar-refractivity contribution in [2.75, 3.05) is 33.8 Å². The van der Waals surface area contributed by atoms with Gasteiger partial charge in [0.05, 0.1) is 17.7 Å². The van der Waals surface area contributed by atoms with Gasteiger partial charge in [0, 0.05) is 42.6 Å². The molecule has 1 N–H and O–H groups in total. The summed E-state index contributed by atoms with van der Waals surface area (Å²) in [6.07, 6.45) is 5.47. The number of nitrogens with one attached hydrogen (secondary N) is 1. The van der Waals surface area contributed by atoms with Crippen molar-refractivity contribution < 1.29 is 19.1 Å². The number of hydrogen-bond acceptors (Lipinski definition) is 6. The molecule has 1 amide bonds. The lowest BCUT2D eigenvalue weighted by Crippen LogP contribution is -2.32. The van der Waals surface area contributed by atoms with Crippen LogP contribution in [0.15, 0.2) is 42.6 Å².